The fourth-order valence-corrected chi connectivity index (χ4v) is 4.10. The Kier molecular flexibility index (Phi) is 7.17. The molecule has 0 aliphatic carbocycles. The summed E-state index contributed by atoms with van der Waals surface area (Å²) in [5, 5.41) is 5.19. The zero-order valence-electron chi connectivity index (χ0n) is 17.4. The van der Waals surface area contributed by atoms with Crippen molar-refractivity contribution in [3.05, 3.63) is 86.3 Å². The van der Waals surface area contributed by atoms with Gasteiger partial charge in [0.05, 0.1) is 16.6 Å². The fourth-order valence-electron chi connectivity index (χ4n) is 2.83. The minimum atomic E-state index is -0.414. The van der Waals surface area contributed by atoms with E-state index in [4.69, 9.17) is 27.9 Å². The molecule has 0 saturated carbocycles. The lowest BCUT2D eigenvalue weighted by molar-refractivity contribution is 0.227. The molecule has 0 N–H and O–H groups in total. The van der Waals surface area contributed by atoms with Crippen LogP contribution in [0.15, 0.2) is 64.4 Å². The number of halogens is 2. The summed E-state index contributed by atoms with van der Waals surface area (Å²) in [6.07, 6.45) is 1.58. The Morgan fingerprint density at radius 1 is 1.07 bits per heavy atom. The van der Waals surface area contributed by atoms with E-state index in [0.29, 0.717) is 15.7 Å². The van der Waals surface area contributed by atoms with Crippen LogP contribution < -0.4 is 10.3 Å². The lowest BCUT2D eigenvalue weighted by Gasteiger charge is -2.21. The van der Waals surface area contributed by atoms with Crippen molar-refractivity contribution in [3.63, 3.8) is 0 Å². The van der Waals surface area contributed by atoms with Gasteiger partial charge in [0.15, 0.2) is 0 Å². The third kappa shape index (κ3) is 5.60. The molecule has 3 rings (SSSR count). The highest BCUT2D eigenvalue weighted by Crippen LogP contribution is 2.29. The molecule has 0 aliphatic heterocycles. The molecule has 1 atom stereocenters. The summed E-state index contributed by atoms with van der Waals surface area (Å²) >= 11 is 13.7. The molecule has 7 heteroatoms. The minimum absolute atomic E-state index is 0.0818. The van der Waals surface area contributed by atoms with Gasteiger partial charge in [0.2, 0.25) is 0 Å². The second-order valence-corrected chi connectivity index (χ2v) is 9.79. The summed E-state index contributed by atoms with van der Waals surface area (Å²) in [7, 11) is 0. The van der Waals surface area contributed by atoms with Crippen molar-refractivity contribution in [2.75, 3.05) is 0 Å². The van der Waals surface area contributed by atoms with Crippen molar-refractivity contribution in [1.29, 1.82) is 0 Å². The second kappa shape index (κ2) is 9.46. The van der Waals surface area contributed by atoms with Gasteiger partial charge in [0.25, 0.3) is 5.56 Å². The average Bonchev–Trinajstić information content (AvgIpc) is 2.69. The van der Waals surface area contributed by atoms with Gasteiger partial charge in [-0.05, 0) is 63.1 Å². The summed E-state index contributed by atoms with van der Waals surface area (Å²) in [6, 6.07) is 15.5. The molecule has 158 valence electrons. The molecule has 0 amide bonds. The van der Waals surface area contributed by atoms with Gasteiger partial charge < -0.3 is 4.74 Å². The van der Waals surface area contributed by atoms with Crippen molar-refractivity contribution >= 4 is 35.0 Å². The lowest BCUT2D eigenvalue weighted by atomic mass is 10.1. The van der Waals surface area contributed by atoms with Crippen LogP contribution in [-0.2, 0) is 11.3 Å². The fraction of sp³-hybridized carbons (Fsp3) is 0.304. The van der Waals surface area contributed by atoms with Crippen molar-refractivity contribution < 1.29 is 4.74 Å². The number of benzene rings is 2. The number of thioether (sulfide) groups is 1. The third-order valence-corrected chi connectivity index (χ3v) is 6.32. The largest absolute Gasteiger partial charge is 0.486 e. The van der Waals surface area contributed by atoms with E-state index in [0.717, 1.165) is 16.9 Å². The quantitative estimate of drug-likeness (QED) is 0.380. The van der Waals surface area contributed by atoms with Crippen LogP contribution in [0.25, 0.3) is 0 Å². The summed E-state index contributed by atoms with van der Waals surface area (Å²) in [5.74, 6) is 1.46. The van der Waals surface area contributed by atoms with Gasteiger partial charge in [0.1, 0.15) is 16.9 Å². The first-order chi connectivity index (χ1) is 14.1. The number of nitrogens with zero attached hydrogens (tertiary/aromatic N) is 2. The molecule has 1 unspecified atom stereocenters. The second-order valence-electron chi connectivity index (χ2n) is 7.95. The summed E-state index contributed by atoms with van der Waals surface area (Å²) in [5.41, 5.74) is 1.48. The van der Waals surface area contributed by atoms with Crippen LogP contribution in [0.4, 0.5) is 0 Å². The monoisotopic (exact) mass is 462 g/mol. The molecule has 3 aromatic rings. The van der Waals surface area contributed by atoms with Crippen LogP contribution >= 0.6 is 35.0 Å². The predicted molar refractivity (Wildman–Crippen MR) is 125 cm³/mol. The normalized spacial score (nSPS) is 12.6. The van der Waals surface area contributed by atoms with Gasteiger partial charge >= 0.3 is 0 Å². The molecule has 1 aromatic heterocycles. The molecule has 2 aromatic carbocycles. The Labute approximate surface area is 191 Å². The van der Waals surface area contributed by atoms with E-state index < -0.39 is 5.54 Å². The van der Waals surface area contributed by atoms with Crippen molar-refractivity contribution in [2.45, 2.75) is 50.0 Å². The van der Waals surface area contributed by atoms with Crippen LogP contribution in [-0.4, -0.2) is 9.78 Å². The standard InChI is InChI=1S/C23H24Cl2N2O2S/c1-15(17-7-9-18(24)10-8-17)29-19-11-5-16(6-12-19)14-30-20-13-26-27(23(2,3)4)22(28)21(20)25/h5-13,15H,14H2,1-4H3. The Hall–Kier alpha value is -1.95. The zero-order valence-corrected chi connectivity index (χ0v) is 19.7. The SMILES string of the molecule is CC(Oc1ccc(CSc2cnn(C(C)(C)C)c(=O)c2Cl)cc1)c1ccc(Cl)cc1. The topological polar surface area (TPSA) is 44.1 Å². The van der Waals surface area contributed by atoms with E-state index in [9.17, 15) is 4.79 Å². The van der Waals surface area contributed by atoms with Crippen LogP contribution in [0.3, 0.4) is 0 Å². The molecule has 4 nitrogen and oxygen atoms in total. The van der Waals surface area contributed by atoms with Gasteiger partial charge in [-0.1, -0.05) is 47.5 Å². The van der Waals surface area contributed by atoms with Crippen LogP contribution in [0.1, 0.15) is 44.9 Å². The van der Waals surface area contributed by atoms with Gasteiger partial charge in [-0.3, -0.25) is 4.79 Å². The Morgan fingerprint density at radius 3 is 2.30 bits per heavy atom. The predicted octanol–water partition coefficient (Wildman–Crippen LogP) is 6.74. The first-order valence-corrected chi connectivity index (χ1v) is 11.3. The molecular formula is C23H24Cl2N2O2S. The molecule has 30 heavy (non-hydrogen) atoms. The van der Waals surface area contributed by atoms with E-state index in [-0.39, 0.29) is 16.7 Å². The van der Waals surface area contributed by atoms with E-state index >= 15 is 0 Å². The van der Waals surface area contributed by atoms with Gasteiger partial charge in [0, 0.05) is 10.8 Å². The van der Waals surface area contributed by atoms with Gasteiger partial charge in [-0.15, -0.1) is 11.8 Å². The molecule has 1 heterocycles. The third-order valence-electron chi connectivity index (χ3n) is 4.49. The van der Waals surface area contributed by atoms with Crippen molar-refractivity contribution in [1.82, 2.24) is 9.78 Å². The maximum Gasteiger partial charge on any atom is 0.287 e. The van der Waals surface area contributed by atoms with Crippen LogP contribution in [0.5, 0.6) is 5.75 Å². The van der Waals surface area contributed by atoms with Crippen LogP contribution in [0.2, 0.25) is 10.0 Å². The number of aromatic nitrogens is 2. The molecule has 0 aliphatic rings. The summed E-state index contributed by atoms with van der Waals surface area (Å²) < 4.78 is 7.42. The van der Waals surface area contributed by atoms with Crippen LogP contribution in [0, 0.1) is 0 Å². The van der Waals surface area contributed by atoms with Crippen molar-refractivity contribution in [3.8, 4) is 5.75 Å². The van der Waals surface area contributed by atoms with Gasteiger partial charge in [-0.25, -0.2) is 4.68 Å². The molecule has 0 fully saturated rings. The molecular weight excluding hydrogens is 439 g/mol. The zero-order chi connectivity index (χ0) is 21.9. The summed E-state index contributed by atoms with van der Waals surface area (Å²) in [4.78, 5) is 13.1. The highest BCUT2D eigenvalue weighted by molar-refractivity contribution is 7.98. The lowest BCUT2D eigenvalue weighted by Crippen LogP contribution is -2.36. The maximum absolute atomic E-state index is 12.5. The average molecular weight is 463 g/mol. The van der Waals surface area contributed by atoms with E-state index in [1.165, 1.54) is 16.4 Å². The van der Waals surface area contributed by atoms with E-state index in [2.05, 4.69) is 5.10 Å². The Morgan fingerprint density at radius 2 is 1.70 bits per heavy atom. The Bertz CT molecular complexity index is 1060. The smallest absolute Gasteiger partial charge is 0.287 e. The van der Waals surface area contributed by atoms with Gasteiger partial charge in [-0.2, -0.15) is 5.10 Å². The van der Waals surface area contributed by atoms with E-state index in [1.54, 1.807) is 6.20 Å². The number of rotatable bonds is 6. The number of ether oxygens (including phenoxy) is 1. The minimum Gasteiger partial charge on any atom is -0.486 e. The number of hydrogen-bond donors (Lipinski definition) is 0. The molecule has 0 spiro atoms. The van der Waals surface area contributed by atoms with E-state index in [1.807, 2.05) is 76.2 Å². The number of hydrogen-bond acceptors (Lipinski definition) is 4. The molecule has 0 radical (unpaired) electrons. The highest BCUT2D eigenvalue weighted by Gasteiger charge is 2.19. The first-order valence-electron chi connectivity index (χ1n) is 9.57. The molecule has 0 saturated heterocycles. The van der Waals surface area contributed by atoms with Crippen molar-refractivity contribution in [2.24, 2.45) is 0 Å². The highest BCUT2D eigenvalue weighted by atomic mass is 35.5. The molecule has 0 bridgehead atoms. The first kappa shape index (κ1) is 22.7. The summed E-state index contributed by atoms with van der Waals surface area (Å²) in [6.45, 7) is 7.76. The Balaban J connectivity index is 1.63. The maximum atomic E-state index is 12.5.